The van der Waals surface area contributed by atoms with Crippen LogP contribution in [0.15, 0.2) is 42.7 Å². The number of benzene rings is 1. The van der Waals surface area contributed by atoms with Crippen LogP contribution in [0.25, 0.3) is 0 Å². The molecular formula is C13H15N3S. The largest absolute Gasteiger partial charge is 0.326 e. The highest BCUT2D eigenvalue weighted by Gasteiger charge is 2.19. The summed E-state index contributed by atoms with van der Waals surface area (Å²) in [6.07, 6.45) is 5.18. The monoisotopic (exact) mass is 245 g/mol. The fourth-order valence-electron chi connectivity index (χ4n) is 2.10. The zero-order valence-corrected chi connectivity index (χ0v) is 10.4. The van der Waals surface area contributed by atoms with E-state index in [2.05, 4.69) is 33.2 Å². The van der Waals surface area contributed by atoms with Gasteiger partial charge in [-0.1, -0.05) is 18.2 Å². The van der Waals surface area contributed by atoms with Gasteiger partial charge < -0.3 is 9.88 Å². The molecule has 1 N–H and O–H groups in total. The number of hydrogen-bond donors (Lipinski definition) is 1. The Balaban J connectivity index is 1.81. The molecule has 0 bridgehead atoms. The van der Waals surface area contributed by atoms with E-state index in [1.54, 1.807) is 0 Å². The highest BCUT2D eigenvalue weighted by atomic mass is 32.2. The van der Waals surface area contributed by atoms with Crippen molar-refractivity contribution in [3.63, 3.8) is 0 Å². The van der Waals surface area contributed by atoms with Crippen LogP contribution in [0.4, 0.5) is 11.6 Å². The average Bonchev–Trinajstić information content (AvgIpc) is 3.00. The van der Waals surface area contributed by atoms with Gasteiger partial charge in [0.1, 0.15) is 0 Å². The lowest BCUT2D eigenvalue weighted by Crippen LogP contribution is -2.10. The highest BCUT2D eigenvalue weighted by molar-refractivity contribution is 7.99. The Morgan fingerprint density at radius 2 is 2.18 bits per heavy atom. The SMILES string of the molecule is c1ccc(Nc2nccn2C2CCSC2)cc1. The maximum absolute atomic E-state index is 4.40. The third-order valence-electron chi connectivity index (χ3n) is 3.00. The molecule has 2 heterocycles. The third-order valence-corrected chi connectivity index (χ3v) is 4.14. The van der Waals surface area contributed by atoms with E-state index in [0.29, 0.717) is 6.04 Å². The summed E-state index contributed by atoms with van der Waals surface area (Å²) in [6, 6.07) is 10.8. The molecule has 0 amide bonds. The molecule has 1 fully saturated rings. The minimum absolute atomic E-state index is 0.591. The first-order chi connectivity index (χ1) is 8.43. The first kappa shape index (κ1) is 10.7. The lowest BCUT2D eigenvalue weighted by Gasteiger charge is -2.15. The number of nitrogens with one attached hydrogen (secondary N) is 1. The Morgan fingerprint density at radius 1 is 1.29 bits per heavy atom. The van der Waals surface area contributed by atoms with Crippen molar-refractivity contribution in [2.45, 2.75) is 12.5 Å². The van der Waals surface area contributed by atoms with E-state index < -0.39 is 0 Å². The van der Waals surface area contributed by atoms with Crippen LogP contribution in [0.2, 0.25) is 0 Å². The number of anilines is 2. The standard InChI is InChI=1S/C13H15N3S/c1-2-4-11(5-3-1)15-13-14-7-8-16(13)12-6-9-17-10-12/h1-5,7-8,12H,6,9-10H2,(H,14,15). The predicted molar refractivity (Wildman–Crippen MR) is 72.9 cm³/mol. The van der Waals surface area contributed by atoms with Crippen LogP contribution in [0.1, 0.15) is 12.5 Å². The summed E-state index contributed by atoms with van der Waals surface area (Å²) >= 11 is 2.02. The Bertz CT molecular complexity index is 474. The summed E-state index contributed by atoms with van der Waals surface area (Å²) in [4.78, 5) is 4.40. The van der Waals surface area contributed by atoms with Crippen LogP contribution < -0.4 is 5.32 Å². The van der Waals surface area contributed by atoms with Crippen molar-refractivity contribution in [2.75, 3.05) is 16.8 Å². The normalized spacial score (nSPS) is 19.4. The molecule has 0 spiro atoms. The van der Waals surface area contributed by atoms with Gasteiger partial charge in [-0.05, 0) is 24.3 Å². The quantitative estimate of drug-likeness (QED) is 0.899. The van der Waals surface area contributed by atoms with E-state index >= 15 is 0 Å². The van der Waals surface area contributed by atoms with Crippen LogP contribution in [-0.2, 0) is 0 Å². The molecule has 1 aliphatic heterocycles. The zero-order chi connectivity index (χ0) is 11.5. The number of para-hydroxylation sites is 1. The molecule has 1 aromatic carbocycles. The van der Waals surface area contributed by atoms with Crippen molar-refractivity contribution in [1.82, 2.24) is 9.55 Å². The molecule has 1 unspecified atom stereocenters. The van der Waals surface area contributed by atoms with Crippen LogP contribution in [-0.4, -0.2) is 21.1 Å². The first-order valence-electron chi connectivity index (χ1n) is 5.86. The molecule has 3 rings (SSSR count). The molecule has 17 heavy (non-hydrogen) atoms. The summed E-state index contributed by atoms with van der Waals surface area (Å²) in [5.74, 6) is 3.40. The van der Waals surface area contributed by atoms with E-state index in [1.807, 2.05) is 36.2 Å². The molecule has 1 aromatic heterocycles. The molecule has 1 saturated heterocycles. The Labute approximate surface area is 105 Å². The molecule has 0 saturated carbocycles. The second kappa shape index (κ2) is 4.84. The molecule has 3 nitrogen and oxygen atoms in total. The number of nitrogens with zero attached hydrogens (tertiary/aromatic N) is 2. The summed E-state index contributed by atoms with van der Waals surface area (Å²) in [7, 11) is 0. The van der Waals surface area contributed by atoms with E-state index in [4.69, 9.17) is 0 Å². The number of aromatic nitrogens is 2. The number of rotatable bonds is 3. The number of imidazole rings is 1. The van der Waals surface area contributed by atoms with E-state index in [9.17, 15) is 0 Å². The number of thioether (sulfide) groups is 1. The average molecular weight is 245 g/mol. The highest BCUT2D eigenvalue weighted by Crippen LogP contribution is 2.30. The van der Waals surface area contributed by atoms with Gasteiger partial charge in [-0.25, -0.2) is 4.98 Å². The minimum atomic E-state index is 0.591. The summed E-state index contributed by atoms with van der Waals surface area (Å²) in [5, 5.41) is 3.37. The fraction of sp³-hybridized carbons (Fsp3) is 0.308. The maximum atomic E-state index is 4.40. The first-order valence-corrected chi connectivity index (χ1v) is 7.01. The minimum Gasteiger partial charge on any atom is -0.326 e. The third kappa shape index (κ3) is 2.31. The van der Waals surface area contributed by atoms with Gasteiger partial charge in [-0.3, -0.25) is 0 Å². The second-order valence-electron chi connectivity index (χ2n) is 4.17. The van der Waals surface area contributed by atoms with Gasteiger partial charge in [0, 0.05) is 29.9 Å². The van der Waals surface area contributed by atoms with Crippen molar-refractivity contribution in [3.8, 4) is 0 Å². The van der Waals surface area contributed by atoms with Crippen molar-refractivity contribution in [3.05, 3.63) is 42.7 Å². The van der Waals surface area contributed by atoms with Gasteiger partial charge in [0.2, 0.25) is 5.95 Å². The van der Waals surface area contributed by atoms with Crippen LogP contribution >= 0.6 is 11.8 Å². The summed E-state index contributed by atoms with van der Waals surface area (Å²) < 4.78 is 2.26. The predicted octanol–water partition coefficient (Wildman–Crippen LogP) is 3.30. The van der Waals surface area contributed by atoms with Gasteiger partial charge in [0.05, 0.1) is 0 Å². The van der Waals surface area contributed by atoms with Crippen molar-refractivity contribution < 1.29 is 0 Å². The van der Waals surface area contributed by atoms with E-state index in [1.165, 1.54) is 17.9 Å². The Hall–Kier alpha value is -1.42. The van der Waals surface area contributed by atoms with Crippen molar-refractivity contribution in [2.24, 2.45) is 0 Å². The van der Waals surface area contributed by atoms with Crippen molar-refractivity contribution >= 4 is 23.4 Å². The maximum Gasteiger partial charge on any atom is 0.207 e. The van der Waals surface area contributed by atoms with E-state index in [0.717, 1.165) is 11.6 Å². The molecule has 88 valence electrons. The smallest absolute Gasteiger partial charge is 0.207 e. The van der Waals surface area contributed by atoms with Gasteiger partial charge in [0.15, 0.2) is 0 Å². The van der Waals surface area contributed by atoms with Crippen LogP contribution in [0.3, 0.4) is 0 Å². The second-order valence-corrected chi connectivity index (χ2v) is 5.32. The molecule has 4 heteroatoms. The molecular weight excluding hydrogens is 230 g/mol. The molecule has 1 atom stereocenters. The van der Waals surface area contributed by atoms with E-state index in [-0.39, 0.29) is 0 Å². The van der Waals surface area contributed by atoms with Gasteiger partial charge in [-0.2, -0.15) is 11.8 Å². The number of hydrogen-bond acceptors (Lipinski definition) is 3. The lowest BCUT2D eigenvalue weighted by molar-refractivity contribution is 0.567. The Kier molecular flexibility index (Phi) is 3.05. The van der Waals surface area contributed by atoms with Crippen LogP contribution in [0.5, 0.6) is 0 Å². The molecule has 0 aliphatic carbocycles. The zero-order valence-electron chi connectivity index (χ0n) is 9.54. The van der Waals surface area contributed by atoms with Crippen molar-refractivity contribution in [1.29, 1.82) is 0 Å². The van der Waals surface area contributed by atoms with Gasteiger partial charge in [0.25, 0.3) is 0 Å². The van der Waals surface area contributed by atoms with Gasteiger partial charge in [-0.15, -0.1) is 0 Å². The molecule has 1 aliphatic rings. The lowest BCUT2D eigenvalue weighted by atomic mass is 10.2. The van der Waals surface area contributed by atoms with Crippen LogP contribution in [0, 0.1) is 0 Å². The fourth-order valence-corrected chi connectivity index (χ4v) is 3.30. The topological polar surface area (TPSA) is 29.9 Å². The molecule has 0 radical (unpaired) electrons. The van der Waals surface area contributed by atoms with Gasteiger partial charge >= 0.3 is 0 Å². The Morgan fingerprint density at radius 3 is 2.94 bits per heavy atom. The summed E-state index contributed by atoms with van der Waals surface area (Å²) in [5.41, 5.74) is 1.09. The molecule has 2 aromatic rings. The summed E-state index contributed by atoms with van der Waals surface area (Å²) in [6.45, 7) is 0.